The van der Waals surface area contributed by atoms with Crippen molar-refractivity contribution in [1.29, 1.82) is 5.26 Å². The number of carbonyl (C=O) groups is 2. The van der Waals surface area contributed by atoms with Crippen LogP contribution in [0.15, 0.2) is 11.1 Å². The monoisotopic (exact) mass is 313 g/mol. The Morgan fingerprint density at radius 2 is 2.00 bits per heavy atom. The first kappa shape index (κ1) is 16.4. The van der Waals surface area contributed by atoms with E-state index < -0.39 is 0 Å². The third-order valence-corrected chi connectivity index (χ3v) is 6.89. The second-order valence-electron chi connectivity index (χ2n) is 8.36. The molecule has 0 aliphatic heterocycles. The maximum Gasteiger partial charge on any atom is 0.140 e. The molecule has 0 spiro atoms. The molecular formula is C20H27NO2. The van der Waals surface area contributed by atoms with Crippen LogP contribution in [0.2, 0.25) is 0 Å². The van der Waals surface area contributed by atoms with Gasteiger partial charge in [-0.3, -0.25) is 4.79 Å². The van der Waals surface area contributed by atoms with Crippen molar-refractivity contribution in [2.24, 2.45) is 28.6 Å². The lowest BCUT2D eigenvalue weighted by atomic mass is 9.54. The lowest BCUT2D eigenvalue weighted by Gasteiger charge is -2.47. The van der Waals surface area contributed by atoms with E-state index in [-0.39, 0.29) is 28.4 Å². The Balaban J connectivity index is 2.12. The third-order valence-electron chi connectivity index (χ3n) is 6.89. The van der Waals surface area contributed by atoms with E-state index >= 15 is 0 Å². The fourth-order valence-corrected chi connectivity index (χ4v) is 5.35. The molecule has 0 N–H and O–H groups in total. The molecule has 4 atom stereocenters. The fraction of sp³-hybridized carbons (Fsp3) is 0.750. The number of nitriles is 1. The van der Waals surface area contributed by atoms with Gasteiger partial charge in [0.25, 0.3) is 0 Å². The first-order valence-electron chi connectivity index (χ1n) is 9.01. The van der Waals surface area contributed by atoms with Crippen molar-refractivity contribution in [3.05, 3.63) is 11.1 Å². The summed E-state index contributed by atoms with van der Waals surface area (Å²) in [5.41, 5.74) is 1.99. The number of allylic oxidation sites excluding steroid dienone is 2. The van der Waals surface area contributed by atoms with Crippen molar-refractivity contribution in [3.63, 3.8) is 0 Å². The van der Waals surface area contributed by atoms with Crippen LogP contribution in [0.4, 0.5) is 0 Å². The summed E-state index contributed by atoms with van der Waals surface area (Å²) in [6, 6.07) is 2.64. The van der Waals surface area contributed by atoms with E-state index in [0.717, 1.165) is 44.8 Å². The second-order valence-corrected chi connectivity index (χ2v) is 8.36. The van der Waals surface area contributed by atoms with Crippen LogP contribution in [-0.4, -0.2) is 12.1 Å². The standard InChI is InChI=1S/C20H27NO2/c1-13(2)15-6-7-20(12-21)9-8-19(3)16(18(15)20)5-4-14(11-22)10-17(19)23/h11,13-14,16H,4-10H2,1-3H3/t14?,16-,19-,20-/m0/s1. The van der Waals surface area contributed by atoms with E-state index in [1.807, 2.05) is 0 Å². The van der Waals surface area contributed by atoms with Gasteiger partial charge < -0.3 is 4.79 Å². The minimum absolute atomic E-state index is 0.133. The maximum atomic E-state index is 12.9. The van der Waals surface area contributed by atoms with Gasteiger partial charge in [-0.25, -0.2) is 0 Å². The highest BCUT2D eigenvalue weighted by Crippen LogP contribution is 2.62. The molecule has 1 unspecified atom stereocenters. The van der Waals surface area contributed by atoms with Crippen LogP contribution < -0.4 is 0 Å². The van der Waals surface area contributed by atoms with Crippen molar-refractivity contribution < 1.29 is 9.59 Å². The summed E-state index contributed by atoms with van der Waals surface area (Å²) in [6.45, 7) is 6.50. The highest BCUT2D eigenvalue weighted by molar-refractivity contribution is 5.88. The molecule has 0 heterocycles. The molecule has 0 radical (unpaired) electrons. The molecule has 3 aliphatic rings. The number of aldehydes is 1. The number of fused-ring (bicyclic) bond motifs is 3. The summed E-state index contributed by atoms with van der Waals surface area (Å²) in [6.07, 6.45) is 6.53. The first-order valence-corrected chi connectivity index (χ1v) is 9.01. The molecule has 23 heavy (non-hydrogen) atoms. The minimum Gasteiger partial charge on any atom is -0.303 e. The molecule has 3 rings (SSSR count). The average molecular weight is 313 g/mol. The van der Waals surface area contributed by atoms with E-state index in [9.17, 15) is 14.9 Å². The molecule has 3 heteroatoms. The zero-order valence-electron chi connectivity index (χ0n) is 14.5. The number of Topliss-reactive ketones (excluding diaryl/α,β-unsaturated/α-hetero) is 1. The predicted octanol–water partition coefficient (Wildman–Crippen LogP) is 4.23. The largest absolute Gasteiger partial charge is 0.303 e. The summed E-state index contributed by atoms with van der Waals surface area (Å²) in [5, 5.41) is 9.93. The molecule has 0 bridgehead atoms. The summed E-state index contributed by atoms with van der Waals surface area (Å²) < 4.78 is 0. The van der Waals surface area contributed by atoms with Crippen LogP contribution in [-0.2, 0) is 9.59 Å². The minimum atomic E-state index is -0.377. The second kappa shape index (κ2) is 5.58. The molecule has 0 amide bonds. The van der Waals surface area contributed by atoms with Crippen LogP contribution in [0.25, 0.3) is 0 Å². The molecular weight excluding hydrogens is 286 g/mol. The zero-order valence-corrected chi connectivity index (χ0v) is 14.5. The number of rotatable bonds is 2. The highest BCUT2D eigenvalue weighted by Gasteiger charge is 2.57. The number of hydrogen-bond acceptors (Lipinski definition) is 3. The highest BCUT2D eigenvalue weighted by atomic mass is 16.1. The van der Waals surface area contributed by atoms with Gasteiger partial charge in [-0.2, -0.15) is 5.26 Å². The predicted molar refractivity (Wildman–Crippen MR) is 88.4 cm³/mol. The normalized spacial score (nSPS) is 40.4. The van der Waals surface area contributed by atoms with Gasteiger partial charge >= 0.3 is 0 Å². The lowest BCUT2D eigenvalue weighted by molar-refractivity contribution is -0.133. The fourth-order valence-electron chi connectivity index (χ4n) is 5.35. The van der Waals surface area contributed by atoms with Crippen molar-refractivity contribution in [1.82, 2.24) is 0 Å². The Bertz CT molecular complexity index is 612. The Morgan fingerprint density at radius 1 is 1.26 bits per heavy atom. The van der Waals surface area contributed by atoms with Crippen molar-refractivity contribution in [3.8, 4) is 6.07 Å². The third kappa shape index (κ3) is 2.30. The van der Waals surface area contributed by atoms with Gasteiger partial charge in [0.15, 0.2) is 0 Å². The summed E-state index contributed by atoms with van der Waals surface area (Å²) in [5.74, 6) is 0.702. The van der Waals surface area contributed by atoms with E-state index in [2.05, 4.69) is 26.8 Å². The quantitative estimate of drug-likeness (QED) is 0.566. The number of carbonyl (C=O) groups excluding carboxylic acids is 2. The van der Waals surface area contributed by atoms with Crippen LogP contribution in [0, 0.1) is 39.9 Å². The van der Waals surface area contributed by atoms with Gasteiger partial charge in [0.1, 0.15) is 12.1 Å². The van der Waals surface area contributed by atoms with Crippen molar-refractivity contribution in [2.75, 3.05) is 0 Å². The Labute approximate surface area is 139 Å². The number of hydrogen-bond donors (Lipinski definition) is 0. The molecule has 3 aliphatic carbocycles. The topological polar surface area (TPSA) is 57.9 Å². The van der Waals surface area contributed by atoms with Crippen molar-refractivity contribution >= 4 is 12.1 Å². The van der Waals surface area contributed by atoms with Gasteiger partial charge in [0, 0.05) is 17.8 Å². The molecule has 0 aromatic heterocycles. The summed E-state index contributed by atoms with van der Waals surface area (Å²) in [4.78, 5) is 24.2. The molecule has 124 valence electrons. The molecule has 3 nitrogen and oxygen atoms in total. The van der Waals surface area contributed by atoms with Gasteiger partial charge in [0.2, 0.25) is 0 Å². The Hall–Kier alpha value is -1.43. The summed E-state index contributed by atoms with van der Waals surface area (Å²) in [7, 11) is 0. The maximum absolute atomic E-state index is 12.9. The van der Waals surface area contributed by atoms with Gasteiger partial charge in [0.05, 0.1) is 11.5 Å². The molecule has 0 saturated heterocycles. The number of ketones is 1. The Kier molecular flexibility index (Phi) is 3.99. The SMILES string of the molecule is CC(C)C1=C2[C@@H]3CCC(C=O)CC(=O)[C@@]3(C)CC[C@]2(C#N)CC1. The zero-order chi connectivity index (χ0) is 16.8. The van der Waals surface area contributed by atoms with E-state index in [1.165, 1.54) is 11.1 Å². The van der Waals surface area contributed by atoms with E-state index in [0.29, 0.717) is 12.3 Å². The van der Waals surface area contributed by atoms with Gasteiger partial charge in [-0.1, -0.05) is 26.3 Å². The molecule has 0 aromatic rings. The smallest absolute Gasteiger partial charge is 0.140 e. The molecule has 2 saturated carbocycles. The van der Waals surface area contributed by atoms with Gasteiger partial charge in [-0.05, 0) is 55.9 Å². The summed E-state index contributed by atoms with van der Waals surface area (Å²) >= 11 is 0. The lowest BCUT2D eigenvalue weighted by Crippen LogP contribution is -2.44. The van der Waals surface area contributed by atoms with Crippen LogP contribution in [0.3, 0.4) is 0 Å². The van der Waals surface area contributed by atoms with Crippen LogP contribution >= 0.6 is 0 Å². The van der Waals surface area contributed by atoms with Crippen LogP contribution in [0.1, 0.15) is 65.7 Å². The van der Waals surface area contributed by atoms with Gasteiger partial charge in [-0.15, -0.1) is 0 Å². The Morgan fingerprint density at radius 3 is 2.61 bits per heavy atom. The first-order chi connectivity index (χ1) is 10.9. The molecule has 2 fully saturated rings. The molecule has 0 aromatic carbocycles. The average Bonchev–Trinajstić information content (AvgIpc) is 2.87. The number of nitrogens with zero attached hydrogens (tertiary/aromatic N) is 1. The van der Waals surface area contributed by atoms with E-state index in [1.54, 1.807) is 0 Å². The van der Waals surface area contributed by atoms with Crippen molar-refractivity contribution in [2.45, 2.75) is 65.7 Å². The van der Waals surface area contributed by atoms with Crippen LogP contribution in [0.5, 0.6) is 0 Å². The van der Waals surface area contributed by atoms with E-state index in [4.69, 9.17) is 0 Å².